The van der Waals surface area contributed by atoms with Crippen LogP contribution in [0.25, 0.3) is 0 Å². The third-order valence-electron chi connectivity index (χ3n) is 3.80. The zero-order chi connectivity index (χ0) is 19.9. The molecule has 0 unspecified atom stereocenters. The molecular formula is C20H26N2O4S. The van der Waals surface area contributed by atoms with Crippen LogP contribution in [0.15, 0.2) is 53.4 Å². The highest BCUT2D eigenvalue weighted by Gasteiger charge is 2.16. The van der Waals surface area contributed by atoms with Gasteiger partial charge in [0.05, 0.1) is 11.0 Å². The molecule has 0 aromatic heterocycles. The van der Waals surface area contributed by atoms with Crippen molar-refractivity contribution in [2.45, 2.75) is 44.7 Å². The monoisotopic (exact) mass is 390 g/mol. The Morgan fingerprint density at radius 3 is 2.44 bits per heavy atom. The first kappa shape index (κ1) is 20.9. The van der Waals surface area contributed by atoms with Gasteiger partial charge < -0.3 is 10.1 Å². The number of hydrogen-bond donors (Lipinski definition) is 2. The molecule has 0 saturated heterocycles. The first-order chi connectivity index (χ1) is 12.8. The van der Waals surface area contributed by atoms with E-state index in [2.05, 4.69) is 10.0 Å². The molecule has 0 fully saturated rings. The first-order valence-corrected chi connectivity index (χ1v) is 10.3. The second-order valence-electron chi connectivity index (χ2n) is 6.50. The van der Waals surface area contributed by atoms with Crippen LogP contribution in [0.1, 0.15) is 31.4 Å². The highest BCUT2D eigenvalue weighted by molar-refractivity contribution is 7.89. The van der Waals surface area contributed by atoms with Gasteiger partial charge in [-0.25, -0.2) is 13.1 Å². The Morgan fingerprint density at radius 1 is 1.11 bits per heavy atom. The SMILES string of the molecule is Cc1cc(S(=O)(=O)NCCC(=O)NCc2ccccc2)ccc1OC(C)C. The molecule has 0 saturated carbocycles. The molecular weight excluding hydrogens is 364 g/mol. The van der Waals surface area contributed by atoms with E-state index in [-0.39, 0.29) is 29.9 Å². The maximum Gasteiger partial charge on any atom is 0.240 e. The fourth-order valence-corrected chi connectivity index (χ4v) is 3.56. The van der Waals surface area contributed by atoms with Gasteiger partial charge in [-0.05, 0) is 50.1 Å². The lowest BCUT2D eigenvalue weighted by atomic mass is 10.2. The fourth-order valence-electron chi connectivity index (χ4n) is 2.44. The third kappa shape index (κ3) is 6.69. The van der Waals surface area contributed by atoms with Crippen LogP contribution in [0.3, 0.4) is 0 Å². The zero-order valence-electron chi connectivity index (χ0n) is 15.9. The third-order valence-corrected chi connectivity index (χ3v) is 5.25. The molecule has 0 spiro atoms. The van der Waals surface area contributed by atoms with Gasteiger partial charge in [0.2, 0.25) is 15.9 Å². The molecule has 7 heteroatoms. The number of hydrogen-bond acceptors (Lipinski definition) is 4. The smallest absolute Gasteiger partial charge is 0.240 e. The van der Waals surface area contributed by atoms with Crippen LogP contribution in [-0.4, -0.2) is 27.0 Å². The second kappa shape index (κ2) is 9.53. The van der Waals surface area contributed by atoms with Gasteiger partial charge in [0.1, 0.15) is 5.75 Å². The van der Waals surface area contributed by atoms with Crippen molar-refractivity contribution in [1.29, 1.82) is 0 Å². The van der Waals surface area contributed by atoms with Crippen LogP contribution in [0.4, 0.5) is 0 Å². The summed E-state index contributed by atoms with van der Waals surface area (Å²) in [6.07, 6.45) is 0.0817. The van der Waals surface area contributed by atoms with Gasteiger partial charge in [-0.15, -0.1) is 0 Å². The van der Waals surface area contributed by atoms with Gasteiger partial charge in [0, 0.05) is 19.5 Å². The Labute approximate surface area is 161 Å². The topological polar surface area (TPSA) is 84.5 Å². The van der Waals surface area contributed by atoms with Crippen LogP contribution < -0.4 is 14.8 Å². The Hall–Kier alpha value is -2.38. The summed E-state index contributed by atoms with van der Waals surface area (Å²) in [6, 6.07) is 14.2. The van der Waals surface area contributed by atoms with Crippen molar-refractivity contribution in [3.8, 4) is 5.75 Å². The minimum atomic E-state index is -3.68. The molecule has 2 aromatic rings. The summed E-state index contributed by atoms with van der Waals surface area (Å²) in [6.45, 7) is 6.08. The van der Waals surface area contributed by atoms with Gasteiger partial charge in [-0.3, -0.25) is 4.79 Å². The minimum Gasteiger partial charge on any atom is -0.491 e. The van der Waals surface area contributed by atoms with Crippen molar-refractivity contribution < 1.29 is 17.9 Å². The molecule has 0 heterocycles. The van der Waals surface area contributed by atoms with Crippen LogP contribution in [0.5, 0.6) is 5.75 Å². The van der Waals surface area contributed by atoms with E-state index in [4.69, 9.17) is 4.74 Å². The van der Waals surface area contributed by atoms with Crippen molar-refractivity contribution in [2.24, 2.45) is 0 Å². The molecule has 2 aromatic carbocycles. The molecule has 2 N–H and O–H groups in total. The second-order valence-corrected chi connectivity index (χ2v) is 8.27. The average Bonchev–Trinajstić information content (AvgIpc) is 2.62. The van der Waals surface area contributed by atoms with Gasteiger partial charge in [0.15, 0.2) is 0 Å². The van der Waals surface area contributed by atoms with E-state index in [1.807, 2.05) is 44.2 Å². The number of aryl methyl sites for hydroxylation is 1. The van der Waals surface area contributed by atoms with E-state index in [0.29, 0.717) is 12.3 Å². The Bertz CT molecular complexity index is 865. The van der Waals surface area contributed by atoms with E-state index in [0.717, 1.165) is 11.1 Å². The van der Waals surface area contributed by atoms with Gasteiger partial charge in [-0.2, -0.15) is 0 Å². The number of rotatable bonds is 9. The number of nitrogens with one attached hydrogen (secondary N) is 2. The number of benzene rings is 2. The summed E-state index contributed by atoms with van der Waals surface area (Å²) in [4.78, 5) is 12.0. The molecule has 2 rings (SSSR count). The predicted octanol–water partition coefficient (Wildman–Crippen LogP) is 2.77. The maximum atomic E-state index is 12.4. The quantitative estimate of drug-likeness (QED) is 0.690. The molecule has 146 valence electrons. The normalized spacial score (nSPS) is 11.4. The van der Waals surface area contributed by atoms with Crippen molar-refractivity contribution in [3.63, 3.8) is 0 Å². The zero-order valence-corrected chi connectivity index (χ0v) is 16.7. The van der Waals surface area contributed by atoms with Crippen LogP contribution >= 0.6 is 0 Å². The first-order valence-electron chi connectivity index (χ1n) is 8.85. The van der Waals surface area contributed by atoms with Gasteiger partial charge in [-0.1, -0.05) is 30.3 Å². The number of ether oxygens (including phenoxy) is 1. The molecule has 0 radical (unpaired) electrons. The molecule has 1 amide bonds. The fraction of sp³-hybridized carbons (Fsp3) is 0.350. The number of carbonyl (C=O) groups excluding carboxylic acids is 1. The molecule has 0 atom stereocenters. The van der Waals surface area contributed by atoms with Crippen molar-refractivity contribution in [1.82, 2.24) is 10.0 Å². The highest BCUT2D eigenvalue weighted by Crippen LogP contribution is 2.22. The lowest BCUT2D eigenvalue weighted by molar-refractivity contribution is -0.121. The molecule has 0 aliphatic heterocycles. The van der Waals surface area contributed by atoms with Crippen molar-refractivity contribution in [2.75, 3.05) is 6.54 Å². The molecule has 0 aliphatic carbocycles. The van der Waals surface area contributed by atoms with Crippen molar-refractivity contribution in [3.05, 3.63) is 59.7 Å². The van der Waals surface area contributed by atoms with E-state index in [9.17, 15) is 13.2 Å². The molecule has 0 aliphatic rings. The minimum absolute atomic E-state index is 0.0127. The summed E-state index contributed by atoms with van der Waals surface area (Å²) in [7, 11) is -3.68. The van der Waals surface area contributed by atoms with Crippen LogP contribution in [0, 0.1) is 6.92 Å². The number of sulfonamides is 1. The van der Waals surface area contributed by atoms with E-state index >= 15 is 0 Å². The summed E-state index contributed by atoms with van der Waals surface area (Å²) >= 11 is 0. The largest absolute Gasteiger partial charge is 0.491 e. The lowest BCUT2D eigenvalue weighted by Gasteiger charge is -2.14. The van der Waals surface area contributed by atoms with Crippen LogP contribution in [-0.2, 0) is 21.4 Å². The van der Waals surface area contributed by atoms with E-state index in [1.165, 1.54) is 6.07 Å². The van der Waals surface area contributed by atoms with Gasteiger partial charge >= 0.3 is 0 Å². The molecule has 27 heavy (non-hydrogen) atoms. The molecule has 6 nitrogen and oxygen atoms in total. The average molecular weight is 391 g/mol. The summed E-state index contributed by atoms with van der Waals surface area (Å²) in [5.41, 5.74) is 1.73. The van der Waals surface area contributed by atoms with Crippen LogP contribution in [0.2, 0.25) is 0 Å². The lowest BCUT2D eigenvalue weighted by Crippen LogP contribution is -2.30. The Kier molecular flexibility index (Phi) is 7.38. The van der Waals surface area contributed by atoms with E-state index < -0.39 is 10.0 Å². The van der Waals surface area contributed by atoms with Crippen molar-refractivity contribution >= 4 is 15.9 Å². The summed E-state index contributed by atoms with van der Waals surface area (Å²) < 4.78 is 32.9. The Morgan fingerprint density at radius 2 is 1.81 bits per heavy atom. The summed E-state index contributed by atoms with van der Waals surface area (Å²) in [5.74, 6) is 0.447. The Balaban J connectivity index is 1.85. The van der Waals surface area contributed by atoms with Gasteiger partial charge in [0.25, 0.3) is 0 Å². The standard InChI is InChI=1S/C20H26N2O4S/c1-15(2)26-19-10-9-18(13-16(19)3)27(24,25)22-12-11-20(23)21-14-17-7-5-4-6-8-17/h4-10,13,15,22H,11-12,14H2,1-3H3,(H,21,23). The number of carbonyl (C=O) groups is 1. The molecule has 0 bridgehead atoms. The van der Waals surface area contributed by atoms with E-state index in [1.54, 1.807) is 19.1 Å². The maximum absolute atomic E-state index is 12.4. The predicted molar refractivity (Wildman–Crippen MR) is 105 cm³/mol. The number of amides is 1. The summed E-state index contributed by atoms with van der Waals surface area (Å²) in [5, 5.41) is 2.77. The highest BCUT2D eigenvalue weighted by atomic mass is 32.2.